The summed E-state index contributed by atoms with van der Waals surface area (Å²) in [5.74, 6) is 0.678. The van der Waals surface area contributed by atoms with E-state index >= 15 is 0 Å². The first-order valence-electron chi connectivity index (χ1n) is 8.28. The van der Waals surface area contributed by atoms with Crippen LogP contribution in [0.25, 0.3) is 12.2 Å². The fraction of sp³-hybridized carbons (Fsp3) is 0.217. The average molecular weight is 481 g/mol. The van der Waals surface area contributed by atoms with E-state index in [1.807, 2.05) is 24.3 Å². The SMILES string of the molecule is CC1=CC(c2[c-]cc(O)cc2/C=C/c2ccccc2)CCC1.[CH-]=C.[Ho]. The van der Waals surface area contributed by atoms with Gasteiger partial charge in [0.15, 0.2) is 0 Å². The number of aromatic hydroxyl groups is 1. The van der Waals surface area contributed by atoms with Crippen LogP contribution in [0.2, 0.25) is 0 Å². The van der Waals surface area contributed by atoms with Gasteiger partial charge in [-0.05, 0) is 37.7 Å². The standard InChI is InChI=1S/C21H21O.C2H3.Ho/c1-16-6-5-9-18(14-16)21-13-12-20(22)15-19(21)11-10-17-7-3-2-4-8-17;1-2;/h2-4,7-8,10-12,14-15,18,22H,5-6,9H2,1H3;1H,2H2;/q2*-1;/b11-10+;;. The van der Waals surface area contributed by atoms with E-state index in [1.165, 1.54) is 24.0 Å². The van der Waals surface area contributed by atoms with Crippen LogP contribution in [0.1, 0.15) is 48.8 Å². The summed E-state index contributed by atoms with van der Waals surface area (Å²) >= 11 is 0. The molecule has 1 aliphatic carbocycles. The summed E-state index contributed by atoms with van der Waals surface area (Å²) in [4.78, 5) is 0. The first-order chi connectivity index (χ1) is 11.7. The Morgan fingerprint density at radius 2 is 1.92 bits per heavy atom. The maximum absolute atomic E-state index is 9.80. The molecule has 0 aliphatic heterocycles. The topological polar surface area (TPSA) is 20.2 Å². The van der Waals surface area contributed by atoms with E-state index in [4.69, 9.17) is 0 Å². The second kappa shape index (κ2) is 11.4. The molecule has 0 saturated heterocycles. The van der Waals surface area contributed by atoms with Crippen LogP contribution in [0.4, 0.5) is 0 Å². The van der Waals surface area contributed by atoms with E-state index in [0.29, 0.717) is 5.92 Å². The van der Waals surface area contributed by atoms with Crippen LogP contribution in [-0.4, -0.2) is 5.11 Å². The molecule has 1 N–H and O–H groups in total. The molecule has 0 heterocycles. The maximum Gasteiger partial charge on any atom is 0.00379 e. The van der Waals surface area contributed by atoms with Crippen molar-refractivity contribution >= 4 is 12.2 Å². The molecule has 2 aromatic carbocycles. The van der Waals surface area contributed by atoms with E-state index in [1.54, 1.807) is 6.07 Å². The first kappa shape index (κ1) is 21.8. The molecular formula is C23H24HoO-2. The molecule has 1 unspecified atom stereocenters. The summed E-state index contributed by atoms with van der Waals surface area (Å²) < 4.78 is 0. The largest absolute Gasteiger partial charge is 0.566 e. The van der Waals surface area contributed by atoms with Gasteiger partial charge in [0, 0.05) is 43.5 Å². The van der Waals surface area contributed by atoms with Gasteiger partial charge in [0.1, 0.15) is 0 Å². The summed E-state index contributed by atoms with van der Waals surface area (Å²) in [6.45, 7) is 9.20. The van der Waals surface area contributed by atoms with Crippen molar-refractivity contribution in [1.29, 1.82) is 0 Å². The van der Waals surface area contributed by atoms with Gasteiger partial charge in [-0.3, -0.25) is 6.58 Å². The van der Waals surface area contributed by atoms with Crippen molar-refractivity contribution in [3.05, 3.63) is 90.0 Å². The maximum atomic E-state index is 9.80. The fourth-order valence-electron chi connectivity index (χ4n) is 3.06. The van der Waals surface area contributed by atoms with Gasteiger partial charge in [-0.25, -0.2) is 0 Å². The Bertz CT molecular complexity index is 716. The van der Waals surface area contributed by atoms with E-state index in [2.05, 4.69) is 56.5 Å². The Labute approximate surface area is 181 Å². The molecule has 0 saturated carbocycles. The van der Waals surface area contributed by atoms with Gasteiger partial charge in [-0.1, -0.05) is 48.1 Å². The molecule has 2 heteroatoms. The number of phenolic OH excluding ortho intramolecular Hbond substituents is 1. The van der Waals surface area contributed by atoms with Gasteiger partial charge in [0.2, 0.25) is 0 Å². The van der Waals surface area contributed by atoms with E-state index in [0.717, 1.165) is 17.5 Å². The molecule has 135 valence electrons. The zero-order chi connectivity index (χ0) is 17.4. The van der Waals surface area contributed by atoms with Crippen LogP contribution in [0, 0.1) is 50.4 Å². The van der Waals surface area contributed by atoms with Crippen molar-refractivity contribution in [3.63, 3.8) is 0 Å². The molecule has 0 amide bonds. The average Bonchev–Trinajstić information content (AvgIpc) is 2.63. The molecular weight excluding hydrogens is 457 g/mol. The summed E-state index contributed by atoms with van der Waals surface area (Å²) in [6, 6.07) is 17.0. The minimum atomic E-state index is 0. The normalized spacial score (nSPS) is 16.4. The molecule has 0 bridgehead atoms. The van der Waals surface area contributed by atoms with E-state index in [-0.39, 0.29) is 43.5 Å². The van der Waals surface area contributed by atoms with Crippen molar-refractivity contribution in [1.82, 2.24) is 0 Å². The molecule has 25 heavy (non-hydrogen) atoms. The third-order valence-electron chi connectivity index (χ3n) is 4.19. The van der Waals surface area contributed by atoms with Crippen LogP contribution in [0.3, 0.4) is 0 Å². The molecule has 0 fully saturated rings. The predicted molar refractivity (Wildman–Crippen MR) is 103 cm³/mol. The minimum Gasteiger partial charge on any atom is -0.566 e. The van der Waals surface area contributed by atoms with Crippen molar-refractivity contribution < 1.29 is 42.8 Å². The molecule has 0 spiro atoms. The van der Waals surface area contributed by atoms with Crippen molar-refractivity contribution in [3.8, 4) is 5.75 Å². The Kier molecular flexibility index (Phi) is 9.89. The molecule has 0 aromatic heterocycles. The number of benzene rings is 2. The molecule has 1 nitrogen and oxygen atoms in total. The smallest absolute Gasteiger partial charge is 0.00379 e. The summed E-state index contributed by atoms with van der Waals surface area (Å²) in [5.41, 5.74) is 4.85. The number of allylic oxidation sites excluding steroid dienone is 2. The number of phenols is 1. The van der Waals surface area contributed by atoms with Crippen LogP contribution in [0.5, 0.6) is 5.75 Å². The van der Waals surface area contributed by atoms with Crippen LogP contribution >= 0.6 is 0 Å². The van der Waals surface area contributed by atoms with Gasteiger partial charge in [-0.15, -0.1) is 29.3 Å². The van der Waals surface area contributed by atoms with Gasteiger partial charge in [0.05, 0.1) is 0 Å². The number of hydrogen-bond acceptors (Lipinski definition) is 1. The molecule has 2 aromatic rings. The van der Waals surface area contributed by atoms with Crippen molar-refractivity contribution in [2.24, 2.45) is 0 Å². The Morgan fingerprint density at radius 1 is 1.20 bits per heavy atom. The predicted octanol–water partition coefficient (Wildman–Crippen LogP) is 6.18. The van der Waals surface area contributed by atoms with Crippen molar-refractivity contribution in [2.75, 3.05) is 0 Å². The second-order valence-electron chi connectivity index (χ2n) is 5.98. The van der Waals surface area contributed by atoms with E-state index in [9.17, 15) is 5.11 Å². The van der Waals surface area contributed by atoms with Gasteiger partial charge >= 0.3 is 0 Å². The summed E-state index contributed by atoms with van der Waals surface area (Å²) in [5, 5.41) is 9.80. The number of hydrogen-bond donors (Lipinski definition) is 1. The number of rotatable bonds is 3. The monoisotopic (exact) mass is 481 g/mol. The Morgan fingerprint density at radius 3 is 2.60 bits per heavy atom. The summed E-state index contributed by atoms with van der Waals surface area (Å²) in [6.07, 6.45) is 10.1. The van der Waals surface area contributed by atoms with Gasteiger partial charge in [0.25, 0.3) is 0 Å². The second-order valence-corrected chi connectivity index (χ2v) is 5.98. The van der Waals surface area contributed by atoms with Crippen molar-refractivity contribution in [2.45, 2.75) is 32.1 Å². The fourth-order valence-corrected chi connectivity index (χ4v) is 3.06. The Hall–Kier alpha value is -1.28. The zero-order valence-corrected chi connectivity index (χ0v) is 16.4. The van der Waals surface area contributed by atoms with Crippen LogP contribution < -0.4 is 0 Å². The van der Waals surface area contributed by atoms with Gasteiger partial charge < -0.3 is 11.7 Å². The molecule has 1 aliphatic rings. The van der Waals surface area contributed by atoms with Gasteiger partial charge in [-0.2, -0.15) is 6.07 Å². The quantitative estimate of drug-likeness (QED) is 0.240. The van der Waals surface area contributed by atoms with E-state index < -0.39 is 0 Å². The molecule has 1 radical (unpaired) electrons. The van der Waals surface area contributed by atoms with Crippen LogP contribution in [-0.2, 0) is 0 Å². The third kappa shape index (κ3) is 6.51. The first-order valence-corrected chi connectivity index (χ1v) is 8.28. The Balaban J connectivity index is 0.00000101. The molecule has 1 atom stereocenters. The molecule has 3 rings (SSSR count). The van der Waals surface area contributed by atoms with Crippen LogP contribution in [0.15, 0.2) is 60.7 Å². The minimum absolute atomic E-state index is 0. The third-order valence-corrected chi connectivity index (χ3v) is 4.19. The summed E-state index contributed by atoms with van der Waals surface area (Å²) in [7, 11) is 0. The zero-order valence-electron chi connectivity index (χ0n) is 14.5.